The van der Waals surface area contributed by atoms with Crippen LogP contribution >= 0.6 is 0 Å². The van der Waals surface area contributed by atoms with Gasteiger partial charge in [-0.1, -0.05) is 25.9 Å². The number of hydrogen-bond donors (Lipinski definition) is 1. The summed E-state index contributed by atoms with van der Waals surface area (Å²) in [6.45, 7) is 4.30. The third-order valence-electron chi connectivity index (χ3n) is 6.49. The number of nitrogens with zero attached hydrogens (tertiary/aromatic N) is 2. The van der Waals surface area contributed by atoms with Crippen LogP contribution in [0.25, 0.3) is 0 Å². The number of alkyl halides is 2. The summed E-state index contributed by atoms with van der Waals surface area (Å²) in [4.78, 5) is 18.8. The molecular weight excluding hydrogens is 438 g/mol. The maximum Gasteiger partial charge on any atom is 0.407 e. The van der Waals surface area contributed by atoms with Gasteiger partial charge in [0.05, 0.1) is 18.9 Å². The van der Waals surface area contributed by atoms with Crippen molar-refractivity contribution in [1.29, 1.82) is 0 Å². The number of amides is 1. The molecule has 3 atom stereocenters. The van der Waals surface area contributed by atoms with Gasteiger partial charge in [0.1, 0.15) is 6.10 Å². The normalized spacial score (nSPS) is 27.6. The molecule has 0 radical (unpaired) electrons. The third-order valence-corrected chi connectivity index (χ3v) is 6.49. The van der Waals surface area contributed by atoms with Crippen molar-refractivity contribution < 1.29 is 37.7 Å². The first-order chi connectivity index (χ1) is 15.6. The molecule has 1 aromatic rings. The van der Waals surface area contributed by atoms with E-state index in [4.69, 9.17) is 19.0 Å². The van der Waals surface area contributed by atoms with Crippen LogP contribution < -0.4 is 9.47 Å². The molecule has 3 aliphatic rings. The van der Waals surface area contributed by atoms with Crippen molar-refractivity contribution in [3.05, 3.63) is 23.8 Å². The second-order valence-corrected chi connectivity index (χ2v) is 9.95. The van der Waals surface area contributed by atoms with Crippen LogP contribution in [0.4, 0.5) is 13.6 Å². The van der Waals surface area contributed by atoms with E-state index in [2.05, 4.69) is 5.16 Å². The molecule has 10 heteroatoms. The molecule has 2 fully saturated rings. The summed E-state index contributed by atoms with van der Waals surface area (Å²) in [7, 11) is 0. The smallest absolute Gasteiger partial charge is 0.407 e. The minimum atomic E-state index is -3.00. The van der Waals surface area contributed by atoms with Crippen molar-refractivity contribution in [3.8, 4) is 11.5 Å². The quantitative estimate of drug-likeness (QED) is 0.684. The van der Waals surface area contributed by atoms with E-state index in [1.165, 1.54) is 11.0 Å². The van der Waals surface area contributed by atoms with Crippen LogP contribution in [0.1, 0.15) is 52.0 Å². The Hall–Kier alpha value is -2.62. The Balaban J connectivity index is 1.55. The SMILES string of the molecule is CC(C)(C)C1CC(Oc2cc(C3=NOC4(CCOC4)C3)ccc2OC(F)F)CCN1C(=O)O. The van der Waals surface area contributed by atoms with Gasteiger partial charge in [0.25, 0.3) is 0 Å². The topological polar surface area (TPSA) is 89.8 Å². The zero-order valence-electron chi connectivity index (χ0n) is 19.1. The van der Waals surface area contributed by atoms with Crippen LogP contribution in [0.15, 0.2) is 23.4 Å². The van der Waals surface area contributed by atoms with Gasteiger partial charge in [-0.05, 0) is 23.6 Å². The molecular formula is C23H30F2N2O6. The van der Waals surface area contributed by atoms with E-state index >= 15 is 0 Å². The van der Waals surface area contributed by atoms with Crippen LogP contribution in [-0.4, -0.2) is 65.9 Å². The molecule has 1 spiro atoms. The Morgan fingerprint density at radius 1 is 1.33 bits per heavy atom. The fourth-order valence-corrected chi connectivity index (χ4v) is 4.72. The van der Waals surface area contributed by atoms with Crippen LogP contribution in [0.2, 0.25) is 0 Å². The van der Waals surface area contributed by atoms with Crippen LogP contribution in [0, 0.1) is 5.41 Å². The lowest BCUT2D eigenvalue weighted by molar-refractivity contribution is -0.0533. The predicted octanol–water partition coefficient (Wildman–Crippen LogP) is 4.51. The Morgan fingerprint density at radius 3 is 2.76 bits per heavy atom. The van der Waals surface area contributed by atoms with E-state index in [1.54, 1.807) is 12.1 Å². The molecule has 3 unspecified atom stereocenters. The molecule has 182 valence electrons. The van der Waals surface area contributed by atoms with Gasteiger partial charge in [0.2, 0.25) is 0 Å². The van der Waals surface area contributed by atoms with Gasteiger partial charge >= 0.3 is 12.7 Å². The summed E-state index contributed by atoms with van der Waals surface area (Å²) >= 11 is 0. The van der Waals surface area contributed by atoms with Crippen LogP contribution in [-0.2, 0) is 9.57 Å². The van der Waals surface area contributed by atoms with E-state index in [1.807, 2.05) is 20.8 Å². The highest BCUT2D eigenvalue weighted by molar-refractivity contribution is 6.02. The lowest BCUT2D eigenvalue weighted by Crippen LogP contribution is -2.53. The molecule has 3 aliphatic heterocycles. The molecule has 0 aromatic heterocycles. The van der Waals surface area contributed by atoms with Crippen molar-refractivity contribution in [2.24, 2.45) is 10.6 Å². The number of hydrogen-bond acceptors (Lipinski definition) is 6. The zero-order valence-corrected chi connectivity index (χ0v) is 19.1. The minimum Gasteiger partial charge on any atom is -0.486 e. The zero-order chi connectivity index (χ0) is 23.8. The van der Waals surface area contributed by atoms with Crippen molar-refractivity contribution >= 4 is 11.8 Å². The van der Waals surface area contributed by atoms with E-state index in [0.717, 1.165) is 6.42 Å². The average Bonchev–Trinajstić information content (AvgIpc) is 3.38. The molecule has 33 heavy (non-hydrogen) atoms. The number of piperidine rings is 1. The second kappa shape index (κ2) is 8.96. The summed E-state index contributed by atoms with van der Waals surface area (Å²) in [5, 5.41) is 13.8. The molecule has 0 bridgehead atoms. The highest BCUT2D eigenvalue weighted by Crippen LogP contribution is 2.39. The summed E-state index contributed by atoms with van der Waals surface area (Å²) in [6.07, 6.45) is 0.870. The maximum atomic E-state index is 13.0. The lowest BCUT2D eigenvalue weighted by atomic mass is 9.80. The van der Waals surface area contributed by atoms with Gasteiger partial charge in [-0.3, -0.25) is 0 Å². The molecule has 4 rings (SSSR count). The second-order valence-electron chi connectivity index (χ2n) is 9.95. The van der Waals surface area contributed by atoms with Gasteiger partial charge in [0, 0.05) is 43.8 Å². The Kier molecular flexibility index (Phi) is 6.39. The van der Waals surface area contributed by atoms with Gasteiger partial charge in [-0.25, -0.2) is 4.79 Å². The molecule has 3 heterocycles. The monoisotopic (exact) mass is 468 g/mol. The van der Waals surface area contributed by atoms with Crippen LogP contribution in [0.5, 0.6) is 11.5 Å². The number of benzene rings is 1. The number of oxime groups is 1. The molecule has 1 aromatic carbocycles. The highest BCUT2D eigenvalue weighted by Gasteiger charge is 2.43. The van der Waals surface area contributed by atoms with Crippen molar-refractivity contribution in [1.82, 2.24) is 4.90 Å². The van der Waals surface area contributed by atoms with Gasteiger partial charge < -0.3 is 29.1 Å². The fraction of sp³-hybridized carbons (Fsp3) is 0.652. The van der Waals surface area contributed by atoms with Crippen LogP contribution in [0.3, 0.4) is 0 Å². The highest BCUT2D eigenvalue weighted by atomic mass is 19.3. The number of halogens is 2. The summed E-state index contributed by atoms with van der Waals surface area (Å²) in [5.41, 5.74) is 0.629. The number of carboxylic acid groups (broad SMARTS) is 1. The molecule has 0 saturated carbocycles. The minimum absolute atomic E-state index is 0.0693. The van der Waals surface area contributed by atoms with E-state index in [-0.39, 0.29) is 29.1 Å². The fourth-order valence-electron chi connectivity index (χ4n) is 4.72. The Labute approximate surface area is 191 Å². The summed E-state index contributed by atoms with van der Waals surface area (Å²) in [6, 6.07) is 4.48. The van der Waals surface area contributed by atoms with Crippen molar-refractivity contribution in [2.45, 2.75) is 70.8 Å². The first-order valence-electron chi connectivity index (χ1n) is 11.1. The third kappa shape index (κ3) is 5.15. The number of likely N-dealkylation sites (tertiary alicyclic amines) is 1. The Bertz CT molecular complexity index is 911. The molecule has 0 aliphatic carbocycles. The molecule has 8 nitrogen and oxygen atoms in total. The maximum absolute atomic E-state index is 13.0. The first kappa shape index (κ1) is 23.5. The van der Waals surface area contributed by atoms with Crippen molar-refractivity contribution in [2.75, 3.05) is 19.8 Å². The molecule has 2 saturated heterocycles. The number of carbonyl (C=O) groups is 1. The predicted molar refractivity (Wildman–Crippen MR) is 115 cm³/mol. The molecule has 1 amide bonds. The summed E-state index contributed by atoms with van der Waals surface area (Å²) in [5.74, 6) is 0.112. The molecule has 1 N–H and O–H groups in total. The number of rotatable bonds is 5. The van der Waals surface area contributed by atoms with Gasteiger partial charge in [-0.2, -0.15) is 8.78 Å². The van der Waals surface area contributed by atoms with E-state index in [9.17, 15) is 18.7 Å². The van der Waals surface area contributed by atoms with Gasteiger partial charge in [-0.15, -0.1) is 0 Å². The summed E-state index contributed by atoms with van der Waals surface area (Å²) < 4.78 is 42.4. The lowest BCUT2D eigenvalue weighted by Gasteiger charge is -2.44. The van der Waals surface area contributed by atoms with Crippen molar-refractivity contribution in [3.63, 3.8) is 0 Å². The Morgan fingerprint density at radius 2 is 2.12 bits per heavy atom. The number of ether oxygens (including phenoxy) is 3. The van der Waals surface area contributed by atoms with E-state index < -0.39 is 18.3 Å². The van der Waals surface area contributed by atoms with Gasteiger partial charge in [0.15, 0.2) is 17.1 Å². The average molecular weight is 468 g/mol. The van der Waals surface area contributed by atoms with E-state index in [0.29, 0.717) is 50.3 Å². The standard InChI is InChI=1S/C23H30F2N2O6/c1-22(2,3)19-11-15(6-8-27(19)21(28)29)31-18-10-14(4-5-17(18)32-20(24)25)16-12-23(33-26-16)7-9-30-13-23/h4-5,10,15,19-20H,6-9,11-13H2,1-3H3,(H,28,29). The first-order valence-corrected chi connectivity index (χ1v) is 11.1. The largest absolute Gasteiger partial charge is 0.486 e.